The highest BCUT2D eigenvalue weighted by Crippen LogP contribution is 2.76. The molecule has 3 aliphatic carbocycles. The molecule has 10 atom stereocenters. The molecule has 5 rings (SSSR count). The maximum absolute atomic E-state index is 13.2. The summed E-state index contributed by atoms with van der Waals surface area (Å²) in [6, 6.07) is 0. The number of esters is 4. The third-order valence-electron chi connectivity index (χ3n) is 10.6. The highest BCUT2D eigenvalue weighted by atomic mass is 16.6. The number of rotatable bonds is 6. The quantitative estimate of drug-likeness (QED) is 0.211. The Kier molecular flexibility index (Phi) is 6.89. The van der Waals surface area contributed by atoms with Crippen LogP contribution in [0.1, 0.15) is 54.4 Å². The summed E-state index contributed by atoms with van der Waals surface area (Å²) in [5.74, 6) is -4.68. The van der Waals surface area contributed by atoms with E-state index in [0.29, 0.717) is 12.0 Å². The molecule has 5 aliphatic rings. The minimum atomic E-state index is -1.41. The van der Waals surface area contributed by atoms with E-state index in [1.54, 1.807) is 19.9 Å². The molecule has 3 fully saturated rings. The van der Waals surface area contributed by atoms with E-state index in [-0.39, 0.29) is 17.8 Å². The second-order valence-electron chi connectivity index (χ2n) is 13.1. The molecule has 2 heterocycles. The topological polar surface area (TPSA) is 155 Å². The Morgan fingerprint density at radius 1 is 1.10 bits per heavy atom. The number of carbonyl (C=O) groups is 5. The number of methoxy groups -OCH3 is 1. The molecule has 2 saturated carbocycles. The van der Waals surface area contributed by atoms with Crippen LogP contribution in [-0.4, -0.2) is 72.1 Å². The molecule has 0 aromatic carbocycles. The number of hydrogen-bond acceptors (Lipinski definition) is 11. The molecular formula is C31H38O11. The summed E-state index contributed by atoms with van der Waals surface area (Å²) >= 11 is 0. The Morgan fingerprint density at radius 2 is 1.74 bits per heavy atom. The fourth-order valence-corrected chi connectivity index (χ4v) is 8.72. The van der Waals surface area contributed by atoms with Gasteiger partial charge in [-0.05, 0) is 30.1 Å². The SMILES string of the molecule is C=C1C(C2(C)C=CC(=O)C(C)(C)C2CC(=O)OC)C(OC(C)=O)C(OC(C)=O)C2(C)C(C3=CC(O)OC3=O)CC3OC132. The van der Waals surface area contributed by atoms with Crippen LogP contribution < -0.4 is 0 Å². The summed E-state index contributed by atoms with van der Waals surface area (Å²) in [5.41, 5.74) is -3.55. The zero-order chi connectivity index (χ0) is 31.2. The fourth-order valence-electron chi connectivity index (χ4n) is 8.72. The lowest BCUT2D eigenvalue weighted by Crippen LogP contribution is -2.67. The zero-order valence-corrected chi connectivity index (χ0v) is 24.9. The molecule has 0 radical (unpaired) electrons. The van der Waals surface area contributed by atoms with Gasteiger partial charge in [-0.15, -0.1) is 0 Å². The largest absolute Gasteiger partial charge is 0.469 e. The molecule has 2 aliphatic heterocycles. The van der Waals surface area contributed by atoms with Crippen molar-refractivity contribution in [3.8, 4) is 0 Å². The van der Waals surface area contributed by atoms with Crippen molar-refractivity contribution in [3.05, 3.63) is 36.0 Å². The number of ether oxygens (including phenoxy) is 5. The lowest BCUT2D eigenvalue weighted by Gasteiger charge is -2.59. The van der Waals surface area contributed by atoms with Crippen molar-refractivity contribution < 1.29 is 52.8 Å². The van der Waals surface area contributed by atoms with Gasteiger partial charge in [-0.25, -0.2) is 4.79 Å². The normalized spacial score (nSPS) is 43.1. The number of allylic oxidation sites excluding steroid dienone is 2. The van der Waals surface area contributed by atoms with Gasteiger partial charge in [0, 0.05) is 42.1 Å². The molecule has 1 N–H and O–H groups in total. The number of hydrogen-bond donors (Lipinski definition) is 1. The van der Waals surface area contributed by atoms with Gasteiger partial charge < -0.3 is 28.8 Å². The monoisotopic (exact) mass is 586 g/mol. The van der Waals surface area contributed by atoms with Crippen molar-refractivity contribution in [3.63, 3.8) is 0 Å². The van der Waals surface area contributed by atoms with Gasteiger partial charge in [0.25, 0.3) is 0 Å². The first kappa shape index (κ1) is 30.2. The summed E-state index contributed by atoms with van der Waals surface area (Å²) in [6.07, 6.45) is 0.652. The van der Waals surface area contributed by atoms with Crippen LogP contribution in [0.5, 0.6) is 0 Å². The molecule has 228 valence electrons. The molecule has 0 amide bonds. The number of carbonyl (C=O) groups excluding carboxylic acids is 5. The lowest BCUT2D eigenvalue weighted by molar-refractivity contribution is -0.209. The molecule has 11 heteroatoms. The third-order valence-corrected chi connectivity index (χ3v) is 10.6. The maximum Gasteiger partial charge on any atom is 0.336 e. The van der Waals surface area contributed by atoms with Crippen LogP contribution in [0.3, 0.4) is 0 Å². The van der Waals surface area contributed by atoms with Crippen LogP contribution in [0.4, 0.5) is 0 Å². The van der Waals surface area contributed by atoms with Crippen LogP contribution in [0.2, 0.25) is 0 Å². The summed E-state index contributed by atoms with van der Waals surface area (Å²) in [4.78, 5) is 64.1. The highest BCUT2D eigenvalue weighted by molar-refractivity contribution is 5.96. The van der Waals surface area contributed by atoms with Gasteiger partial charge >= 0.3 is 23.9 Å². The number of cyclic esters (lactones) is 1. The van der Waals surface area contributed by atoms with E-state index in [9.17, 15) is 29.1 Å². The van der Waals surface area contributed by atoms with E-state index in [1.807, 2.05) is 13.8 Å². The van der Waals surface area contributed by atoms with E-state index in [0.717, 1.165) is 0 Å². The first-order valence-corrected chi connectivity index (χ1v) is 14.1. The van der Waals surface area contributed by atoms with E-state index < -0.39 is 88.1 Å². The number of ketones is 1. The van der Waals surface area contributed by atoms with Crippen LogP contribution >= 0.6 is 0 Å². The van der Waals surface area contributed by atoms with Gasteiger partial charge in [-0.3, -0.25) is 19.2 Å². The standard InChI is InChI=1S/C31H38O11/c1-14-24(29(6)10-9-20(34)28(4,5)19(29)13-22(35)38-8)25(39-15(2)32)26(40-16(3)33)30(7)18(12-21-31(14,30)42-21)17-11-23(36)41-27(17)37/h9-11,18-19,21,23-26,36H,1,12-13H2,2-8H3. The number of epoxide rings is 1. The van der Waals surface area contributed by atoms with Gasteiger partial charge in [-0.2, -0.15) is 0 Å². The van der Waals surface area contributed by atoms with Gasteiger partial charge in [0.1, 0.15) is 17.8 Å². The Balaban J connectivity index is 1.73. The van der Waals surface area contributed by atoms with Crippen molar-refractivity contribution in [2.45, 2.75) is 84.6 Å². The smallest absolute Gasteiger partial charge is 0.336 e. The van der Waals surface area contributed by atoms with Crippen LogP contribution in [0.15, 0.2) is 36.0 Å². The second-order valence-corrected chi connectivity index (χ2v) is 13.1. The Morgan fingerprint density at radius 3 is 2.29 bits per heavy atom. The van der Waals surface area contributed by atoms with Gasteiger partial charge in [-0.1, -0.05) is 40.3 Å². The van der Waals surface area contributed by atoms with E-state index in [4.69, 9.17) is 23.7 Å². The molecule has 0 aromatic rings. The Bertz CT molecular complexity index is 1340. The predicted octanol–water partition coefficient (Wildman–Crippen LogP) is 2.35. The summed E-state index contributed by atoms with van der Waals surface area (Å²) in [6.45, 7) is 14.2. The average molecular weight is 587 g/mol. The summed E-state index contributed by atoms with van der Waals surface area (Å²) in [7, 11) is 1.27. The van der Waals surface area contributed by atoms with Crippen LogP contribution in [0, 0.1) is 34.0 Å². The van der Waals surface area contributed by atoms with Crippen molar-refractivity contribution in [2.24, 2.45) is 34.0 Å². The lowest BCUT2D eigenvalue weighted by atomic mass is 9.46. The van der Waals surface area contributed by atoms with Crippen molar-refractivity contribution in [1.29, 1.82) is 0 Å². The van der Waals surface area contributed by atoms with Crippen LogP contribution in [-0.2, 0) is 47.7 Å². The van der Waals surface area contributed by atoms with Crippen LogP contribution in [0.25, 0.3) is 0 Å². The molecule has 1 saturated heterocycles. The predicted molar refractivity (Wildman–Crippen MR) is 144 cm³/mol. The first-order chi connectivity index (χ1) is 19.5. The fraction of sp³-hybridized carbons (Fsp3) is 0.645. The second kappa shape index (κ2) is 9.60. The molecule has 1 spiro atoms. The first-order valence-electron chi connectivity index (χ1n) is 14.1. The Labute approximate surface area is 244 Å². The summed E-state index contributed by atoms with van der Waals surface area (Å²) < 4.78 is 28.5. The van der Waals surface area contributed by atoms with Gasteiger partial charge in [0.05, 0.1) is 25.0 Å². The summed E-state index contributed by atoms with van der Waals surface area (Å²) in [5, 5.41) is 10.1. The van der Waals surface area contributed by atoms with Crippen molar-refractivity contribution in [1.82, 2.24) is 0 Å². The van der Waals surface area contributed by atoms with Gasteiger partial charge in [0.15, 0.2) is 5.78 Å². The van der Waals surface area contributed by atoms with Crippen molar-refractivity contribution >= 4 is 29.7 Å². The molecule has 10 unspecified atom stereocenters. The van der Waals surface area contributed by atoms with E-state index >= 15 is 0 Å². The van der Waals surface area contributed by atoms with E-state index in [1.165, 1.54) is 33.1 Å². The molecule has 42 heavy (non-hydrogen) atoms. The zero-order valence-electron chi connectivity index (χ0n) is 24.9. The minimum Gasteiger partial charge on any atom is -0.469 e. The minimum absolute atomic E-state index is 0.112. The number of aliphatic hydroxyl groups excluding tert-OH is 1. The van der Waals surface area contributed by atoms with E-state index in [2.05, 4.69) is 6.58 Å². The maximum atomic E-state index is 13.2. The molecule has 11 nitrogen and oxygen atoms in total. The molecular weight excluding hydrogens is 548 g/mol. The van der Waals surface area contributed by atoms with Crippen molar-refractivity contribution in [2.75, 3.05) is 7.11 Å². The molecule has 0 bridgehead atoms. The highest BCUT2D eigenvalue weighted by Gasteiger charge is 2.84. The number of aliphatic hydroxyl groups is 1. The average Bonchev–Trinajstić information content (AvgIpc) is 3.44. The van der Waals surface area contributed by atoms with Gasteiger partial charge in [0.2, 0.25) is 6.29 Å². The third kappa shape index (κ3) is 3.96. The molecule has 0 aromatic heterocycles. The Hall–Kier alpha value is -3.31.